The molecule has 27 heavy (non-hydrogen) atoms. The molecule has 7 heteroatoms. The lowest BCUT2D eigenvalue weighted by Gasteiger charge is -2.28. The Morgan fingerprint density at radius 3 is 2.74 bits per heavy atom. The Bertz CT molecular complexity index is 562. The number of morpholine rings is 1. The third-order valence-electron chi connectivity index (χ3n) is 5.44. The van der Waals surface area contributed by atoms with Gasteiger partial charge >= 0.3 is 0 Å². The summed E-state index contributed by atoms with van der Waals surface area (Å²) in [7, 11) is 0. The smallest absolute Gasteiger partial charge is 0.224 e. The number of hydrogen-bond donors (Lipinski definition) is 2. The molecular formula is C20H33Cl2N3O2. The van der Waals surface area contributed by atoms with E-state index < -0.39 is 0 Å². The highest BCUT2D eigenvalue weighted by molar-refractivity contribution is 5.91. The van der Waals surface area contributed by atoms with Gasteiger partial charge in [-0.15, -0.1) is 24.8 Å². The van der Waals surface area contributed by atoms with Crippen molar-refractivity contribution < 1.29 is 9.53 Å². The lowest BCUT2D eigenvalue weighted by atomic mass is 9.85. The fraction of sp³-hybridized carbons (Fsp3) is 0.650. The minimum Gasteiger partial charge on any atom is -0.379 e. The van der Waals surface area contributed by atoms with Crippen molar-refractivity contribution in [3.05, 3.63) is 29.8 Å². The summed E-state index contributed by atoms with van der Waals surface area (Å²) in [5.41, 5.74) is 2.14. The summed E-state index contributed by atoms with van der Waals surface area (Å²) in [6.07, 6.45) is 3.05. The maximum absolute atomic E-state index is 12.5. The molecule has 2 unspecified atom stereocenters. The van der Waals surface area contributed by atoms with Crippen LogP contribution in [0.25, 0.3) is 0 Å². The van der Waals surface area contributed by atoms with Crippen LogP contribution < -0.4 is 10.6 Å². The molecule has 2 fully saturated rings. The van der Waals surface area contributed by atoms with Crippen molar-refractivity contribution in [2.75, 3.05) is 44.7 Å². The molecule has 1 amide bonds. The third kappa shape index (κ3) is 7.59. The van der Waals surface area contributed by atoms with Crippen molar-refractivity contribution in [2.24, 2.45) is 11.8 Å². The minimum atomic E-state index is 0. The number of nitrogens with zero attached hydrogens (tertiary/aromatic N) is 1. The number of benzene rings is 1. The first-order valence-corrected chi connectivity index (χ1v) is 9.61. The van der Waals surface area contributed by atoms with Gasteiger partial charge in [0.1, 0.15) is 0 Å². The molecule has 2 heterocycles. The zero-order chi connectivity index (χ0) is 17.5. The predicted octanol–water partition coefficient (Wildman–Crippen LogP) is 3.33. The molecule has 2 aliphatic heterocycles. The largest absolute Gasteiger partial charge is 0.379 e. The highest BCUT2D eigenvalue weighted by atomic mass is 35.5. The summed E-state index contributed by atoms with van der Waals surface area (Å²) in [5, 5.41) is 6.60. The molecule has 1 aromatic rings. The van der Waals surface area contributed by atoms with Gasteiger partial charge in [-0.25, -0.2) is 0 Å². The van der Waals surface area contributed by atoms with Gasteiger partial charge in [0.25, 0.3) is 0 Å². The molecule has 0 radical (unpaired) electrons. The monoisotopic (exact) mass is 417 g/mol. The molecule has 2 saturated heterocycles. The molecule has 154 valence electrons. The molecule has 5 nitrogen and oxygen atoms in total. The molecule has 2 atom stereocenters. The van der Waals surface area contributed by atoms with Gasteiger partial charge in [-0.05, 0) is 49.4 Å². The van der Waals surface area contributed by atoms with Gasteiger partial charge < -0.3 is 15.4 Å². The van der Waals surface area contributed by atoms with E-state index in [-0.39, 0.29) is 30.7 Å². The van der Waals surface area contributed by atoms with E-state index in [0.29, 0.717) is 18.3 Å². The van der Waals surface area contributed by atoms with Crippen LogP contribution in [-0.4, -0.2) is 50.2 Å². The van der Waals surface area contributed by atoms with Crippen LogP contribution in [0, 0.1) is 11.8 Å². The zero-order valence-electron chi connectivity index (χ0n) is 16.1. The highest BCUT2D eigenvalue weighted by Gasteiger charge is 2.22. The number of ether oxygens (including phenoxy) is 1. The van der Waals surface area contributed by atoms with Gasteiger partial charge in [-0.3, -0.25) is 9.69 Å². The van der Waals surface area contributed by atoms with E-state index in [1.165, 1.54) is 18.4 Å². The number of carbonyl (C=O) groups is 1. The summed E-state index contributed by atoms with van der Waals surface area (Å²) < 4.78 is 5.42. The SMILES string of the molecule is CC(CC(=O)Nc1ccccc1CN1CCOCC1)C1CCCNC1.Cl.Cl. The van der Waals surface area contributed by atoms with E-state index in [0.717, 1.165) is 51.6 Å². The van der Waals surface area contributed by atoms with Crippen molar-refractivity contribution in [3.63, 3.8) is 0 Å². The van der Waals surface area contributed by atoms with Gasteiger partial charge in [0.05, 0.1) is 13.2 Å². The summed E-state index contributed by atoms with van der Waals surface area (Å²) >= 11 is 0. The second kappa shape index (κ2) is 12.6. The average molecular weight is 418 g/mol. The maximum atomic E-state index is 12.5. The number of halogens is 2. The molecule has 3 rings (SSSR count). The first kappa shape index (κ1) is 24.2. The summed E-state index contributed by atoms with van der Waals surface area (Å²) in [6, 6.07) is 8.16. The lowest BCUT2D eigenvalue weighted by molar-refractivity contribution is -0.117. The molecule has 2 N–H and O–H groups in total. The van der Waals surface area contributed by atoms with Crippen molar-refractivity contribution in [1.82, 2.24) is 10.2 Å². The number of piperidine rings is 1. The van der Waals surface area contributed by atoms with Crippen LogP contribution in [0.5, 0.6) is 0 Å². The van der Waals surface area contributed by atoms with Crippen molar-refractivity contribution in [3.8, 4) is 0 Å². The van der Waals surface area contributed by atoms with Crippen LogP contribution in [0.3, 0.4) is 0 Å². The van der Waals surface area contributed by atoms with Gasteiger partial charge in [0.15, 0.2) is 0 Å². The zero-order valence-corrected chi connectivity index (χ0v) is 17.7. The van der Waals surface area contributed by atoms with Crippen LogP contribution in [0.15, 0.2) is 24.3 Å². The summed E-state index contributed by atoms with van der Waals surface area (Å²) in [6.45, 7) is 8.72. The molecule has 1 aromatic carbocycles. The topological polar surface area (TPSA) is 53.6 Å². The third-order valence-corrected chi connectivity index (χ3v) is 5.44. The standard InChI is InChI=1S/C20H31N3O2.2ClH/c1-16(17-6-4-8-21-14-17)13-20(24)22-19-7-3-2-5-18(19)15-23-9-11-25-12-10-23;;/h2-3,5,7,16-17,21H,4,6,8-15H2,1H3,(H,22,24);2*1H. The van der Waals surface area contributed by atoms with Crippen LogP contribution in [0.4, 0.5) is 5.69 Å². The second-order valence-electron chi connectivity index (χ2n) is 7.38. The van der Waals surface area contributed by atoms with Gasteiger partial charge in [-0.2, -0.15) is 0 Å². The average Bonchev–Trinajstić information content (AvgIpc) is 2.65. The fourth-order valence-corrected chi connectivity index (χ4v) is 3.81. The van der Waals surface area contributed by atoms with Crippen LogP contribution >= 0.6 is 24.8 Å². The van der Waals surface area contributed by atoms with Gasteiger partial charge in [0, 0.05) is 31.7 Å². The first-order chi connectivity index (χ1) is 12.2. The Labute approximate surface area is 175 Å². The van der Waals surface area contributed by atoms with Crippen LogP contribution in [0.1, 0.15) is 31.7 Å². The van der Waals surface area contributed by atoms with Crippen molar-refractivity contribution in [2.45, 2.75) is 32.7 Å². The van der Waals surface area contributed by atoms with Crippen molar-refractivity contribution >= 4 is 36.4 Å². The first-order valence-electron chi connectivity index (χ1n) is 9.61. The second-order valence-corrected chi connectivity index (χ2v) is 7.38. The van der Waals surface area contributed by atoms with Gasteiger partial charge in [0.2, 0.25) is 5.91 Å². The summed E-state index contributed by atoms with van der Waals surface area (Å²) in [5.74, 6) is 1.16. The van der Waals surface area contributed by atoms with E-state index in [9.17, 15) is 4.79 Å². The Balaban J connectivity index is 0.00000182. The van der Waals surface area contributed by atoms with Gasteiger partial charge in [-0.1, -0.05) is 25.1 Å². The van der Waals surface area contributed by atoms with Crippen LogP contribution in [0.2, 0.25) is 0 Å². The molecule has 0 aliphatic carbocycles. The molecule has 0 bridgehead atoms. The lowest BCUT2D eigenvalue weighted by Crippen LogP contribution is -2.36. The highest BCUT2D eigenvalue weighted by Crippen LogP contribution is 2.24. The number of amides is 1. The number of hydrogen-bond acceptors (Lipinski definition) is 4. The normalized spacial score (nSPS) is 21.4. The van der Waals surface area contributed by atoms with E-state index in [4.69, 9.17) is 4.74 Å². The molecule has 0 spiro atoms. The minimum absolute atomic E-state index is 0. The number of carbonyl (C=O) groups excluding carboxylic acids is 1. The number of rotatable bonds is 6. The van der Waals surface area contributed by atoms with E-state index >= 15 is 0 Å². The van der Waals surface area contributed by atoms with E-state index in [1.54, 1.807) is 0 Å². The maximum Gasteiger partial charge on any atom is 0.224 e. The molecule has 2 aliphatic rings. The van der Waals surface area contributed by atoms with Crippen LogP contribution in [-0.2, 0) is 16.1 Å². The Morgan fingerprint density at radius 1 is 1.30 bits per heavy atom. The Hall–Kier alpha value is -0.850. The number of nitrogens with one attached hydrogen (secondary N) is 2. The molecule has 0 saturated carbocycles. The Kier molecular flexibility index (Phi) is 11.3. The molecular weight excluding hydrogens is 385 g/mol. The fourth-order valence-electron chi connectivity index (χ4n) is 3.81. The van der Waals surface area contributed by atoms with E-state index in [2.05, 4.69) is 28.5 Å². The quantitative estimate of drug-likeness (QED) is 0.744. The number of anilines is 1. The molecule has 0 aromatic heterocycles. The van der Waals surface area contributed by atoms with E-state index in [1.807, 2.05) is 18.2 Å². The summed E-state index contributed by atoms with van der Waals surface area (Å²) in [4.78, 5) is 14.9. The Morgan fingerprint density at radius 2 is 2.04 bits per heavy atom. The number of para-hydroxylation sites is 1. The predicted molar refractivity (Wildman–Crippen MR) is 115 cm³/mol. The van der Waals surface area contributed by atoms with Crippen molar-refractivity contribution in [1.29, 1.82) is 0 Å².